The highest BCUT2D eigenvalue weighted by atomic mass is 19.4. The summed E-state index contributed by atoms with van der Waals surface area (Å²) in [5, 5.41) is 2.74. The fourth-order valence-corrected chi connectivity index (χ4v) is 1.41. The summed E-state index contributed by atoms with van der Waals surface area (Å²) in [6, 6.07) is 6.60. The predicted molar refractivity (Wildman–Crippen MR) is 61.5 cm³/mol. The number of nitrogens with zero attached hydrogens (tertiary/aromatic N) is 2. The molecule has 1 heterocycles. The third kappa shape index (κ3) is 2.97. The van der Waals surface area contributed by atoms with Crippen molar-refractivity contribution in [3.63, 3.8) is 0 Å². The zero-order valence-electron chi connectivity index (χ0n) is 9.49. The zero-order valence-corrected chi connectivity index (χ0v) is 9.49. The molecule has 0 saturated heterocycles. The SMILES string of the molecule is Cc1ccnc(Nc2cccc(C(F)(F)F)c2)n1. The number of aryl methyl sites for hydroxylation is 1. The highest BCUT2D eigenvalue weighted by Gasteiger charge is 2.30. The van der Waals surface area contributed by atoms with E-state index in [-0.39, 0.29) is 5.95 Å². The van der Waals surface area contributed by atoms with Crippen LogP contribution in [0.3, 0.4) is 0 Å². The van der Waals surface area contributed by atoms with E-state index in [2.05, 4.69) is 15.3 Å². The van der Waals surface area contributed by atoms with Crippen LogP contribution in [0.5, 0.6) is 0 Å². The van der Waals surface area contributed by atoms with Crippen molar-refractivity contribution in [3.05, 3.63) is 47.8 Å². The van der Waals surface area contributed by atoms with Gasteiger partial charge in [0.1, 0.15) is 0 Å². The Morgan fingerprint density at radius 1 is 1.17 bits per heavy atom. The molecular formula is C12H10F3N3. The molecule has 0 aliphatic heterocycles. The van der Waals surface area contributed by atoms with Gasteiger partial charge in [0.2, 0.25) is 5.95 Å². The van der Waals surface area contributed by atoms with E-state index in [1.165, 1.54) is 18.3 Å². The largest absolute Gasteiger partial charge is 0.416 e. The van der Waals surface area contributed by atoms with Crippen molar-refractivity contribution in [2.24, 2.45) is 0 Å². The number of anilines is 2. The molecule has 0 spiro atoms. The van der Waals surface area contributed by atoms with Crippen LogP contribution in [0.1, 0.15) is 11.3 Å². The van der Waals surface area contributed by atoms with Crippen LogP contribution in [0, 0.1) is 6.92 Å². The summed E-state index contributed by atoms with van der Waals surface area (Å²) in [5.74, 6) is 0.273. The number of aromatic nitrogens is 2. The van der Waals surface area contributed by atoms with Gasteiger partial charge in [0.05, 0.1) is 5.56 Å². The molecule has 0 bridgehead atoms. The maximum atomic E-state index is 12.5. The minimum atomic E-state index is -4.36. The molecule has 2 aromatic rings. The van der Waals surface area contributed by atoms with Crippen molar-refractivity contribution < 1.29 is 13.2 Å². The van der Waals surface area contributed by atoms with Gasteiger partial charge >= 0.3 is 6.18 Å². The Morgan fingerprint density at radius 3 is 2.61 bits per heavy atom. The van der Waals surface area contributed by atoms with Gasteiger partial charge in [-0.25, -0.2) is 9.97 Å². The molecule has 0 fully saturated rings. The normalized spacial score (nSPS) is 11.3. The van der Waals surface area contributed by atoms with Crippen LogP contribution in [0.2, 0.25) is 0 Å². The number of rotatable bonds is 2. The first-order valence-electron chi connectivity index (χ1n) is 5.19. The number of hydrogen-bond acceptors (Lipinski definition) is 3. The lowest BCUT2D eigenvalue weighted by Gasteiger charge is -2.09. The molecule has 0 amide bonds. The van der Waals surface area contributed by atoms with Crippen LogP contribution in [0.25, 0.3) is 0 Å². The van der Waals surface area contributed by atoms with Crippen molar-refractivity contribution in [2.45, 2.75) is 13.1 Å². The summed E-state index contributed by atoms with van der Waals surface area (Å²) in [4.78, 5) is 7.98. The molecule has 2 rings (SSSR count). The van der Waals surface area contributed by atoms with Crippen molar-refractivity contribution in [3.8, 4) is 0 Å². The summed E-state index contributed by atoms with van der Waals surface area (Å²) >= 11 is 0. The smallest absolute Gasteiger partial charge is 0.324 e. The van der Waals surface area contributed by atoms with Crippen LogP contribution in [0.15, 0.2) is 36.5 Å². The molecular weight excluding hydrogens is 243 g/mol. The molecule has 6 heteroatoms. The Morgan fingerprint density at radius 2 is 1.94 bits per heavy atom. The quantitative estimate of drug-likeness (QED) is 0.889. The third-order valence-electron chi connectivity index (χ3n) is 2.24. The van der Waals surface area contributed by atoms with Gasteiger partial charge in [-0.3, -0.25) is 0 Å². The fraction of sp³-hybridized carbons (Fsp3) is 0.167. The Kier molecular flexibility index (Phi) is 3.18. The number of halogens is 3. The summed E-state index contributed by atoms with van der Waals surface area (Å²) in [6.45, 7) is 1.78. The molecule has 94 valence electrons. The Hall–Kier alpha value is -2.11. The van der Waals surface area contributed by atoms with E-state index in [1.54, 1.807) is 13.0 Å². The van der Waals surface area contributed by atoms with E-state index in [0.717, 1.165) is 17.8 Å². The first-order valence-corrected chi connectivity index (χ1v) is 5.19. The average Bonchev–Trinajstić information content (AvgIpc) is 2.28. The molecule has 0 atom stereocenters. The van der Waals surface area contributed by atoms with Gasteiger partial charge in [-0.05, 0) is 31.2 Å². The molecule has 1 aromatic heterocycles. The fourth-order valence-electron chi connectivity index (χ4n) is 1.41. The number of benzene rings is 1. The summed E-state index contributed by atoms with van der Waals surface area (Å²) < 4.78 is 37.5. The van der Waals surface area contributed by atoms with E-state index >= 15 is 0 Å². The predicted octanol–water partition coefficient (Wildman–Crippen LogP) is 3.55. The second-order valence-corrected chi connectivity index (χ2v) is 3.73. The molecule has 1 N–H and O–H groups in total. The second kappa shape index (κ2) is 4.64. The van der Waals surface area contributed by atoms with E-state index in [9.17, 15) is 13.2 Å². The highest BCUT2D eigenvalue weighted by Crippen LogP contribution is 2.31. The Bertz CT molecular complexity index is 552. The lowest BCUT2D eigenvalue weighted by molar-refractivity contribution is -0.137. The number of hydrogen-bond donors (Lipinski definition) is 1. The van der Waals surface area contributed by atoms with Crippen molar-refractivity contribution in [2.75, 3.05) is 5.32 Å². The van der Waals surface area contributed by atoms with E-state index in [1.807, 2.05) is 0 Å². The highest BCUT2D eigenvalue weighted by molar-refractivity contribution is 5.54. The van der Waals surface area contributed by atoms with Crippen LogP contribution in [0.4, 0.5) is 24.8 Å². The van der Waals surface area contributed by atoms with Gasteiger partial charge < -0.3 is 5.32 Å². The van der Waals surface area contributed by atoms with Crippen molar-refractivity contribution in [1.82, 2.24) is 9.97 Å². The van der Waals surface area contributed by atoms with Gasteiger partial charge in [0.15, 0.2) is 0 Å². The Balaban J connectivity index is 2.25. The zero-order chi connectivity index (χ0) is 13.2. The van der Waals surface area contributed by atoms with Crippen molar-refractivity contribution >= 4 is 11.6 Å². The molecule has 0 aliphatic rings. The summed E-state index contributed by atoms with van der Waals surface area (Å²) in [5.41, 5.74) is 0.329. The molecule has 0 radical (unpaired) electrons. The van der Waals surface area contributed by atoms with Gasteiger partial charge in [0.25, 0.3) is 0 Å². The van der Waals surface area contributed by atoms with Crippen LogP contribution >= 0.6 is 0 Å². The third-order valence-corrected chi connectivity index (χ3v) is 2.24. The molecule has 0 aliphatic carbocycles. The second-order valence-electron chi connectivity index (χ2n) is 3.73. The van der Waals surface area contributed by atoms with Crippen molar-refractivity contribution in [1.29, 1.82) is 0 Å². The summed E-state index contributed by atoms with van der Waals surface area (Å²) in [7, 11) is 0. The average molecular weight is 253 g/mol. The first-order chi connectivity index (χ1) is 8.45. The van der Waals surface area contributed by atoms with Gasteiger partial charge in [-0.2, -0.15) is 13.2 Å². The van der Waals surface area contributed by atoms with Gasteiger partial charge in [-0.1, -0.05) is 6.07 Å². The van der Waals surface area contributed by atoms with Crippen LogP contribution in [-0.4, -0.2) is 9.97 Å². The molecule has 18 heavy (non-hydrogen) atoms. The Labute approximate surface area is 102 Å². The lowest BCUT2D eigenvalue weighted by Crippen LogP contribution is -2.05. The van der Waals surface area contributed by atoms with E-state index < -0.39 is 11.7 Å². The molecule has 3 nitrogen and oxygen atoms in total. The number of nitrogens with one attached hydrogen (secondary N) is 1. The molecule has 1 aromatic carbocycles. The van der Waals surface area contributed by atoms with Gasteiger partial charge in [0, 0.05) is 17.6 Å². The minimum absolute atomic E-state index is 0.273. The molecule has 0 saturated carbocycles. The minimum Gasteiger partial charge on any atom is -0.324 e. The lowest BCUT2D eigenvalue weighted by atomic mass is 10.2. The monoisotopic (exact) mass is 253 g/mol. The summed E-state index contributed by atoms with van der Waals surface area (Å²) in [6.07, 6.45) is -2.82. The maximum absolute atomic E-state index is 12.5. The maximum Gasteiger partial charge on any atom is 0.416 e. The van der Waals surface area contributed by atoms with Crippen LogP contribution < -0.4 is 5.32 Å². The van der Waals surface area contributed by atoms with E-state index in [4.69, 9.17) is 0 Å². The molecule has 0 unspecified atom stereocenters. The number of alkyl halides is 3. The first kappa shape index (κ1) is 12.3. The topological polar surface area (TPSA) is 37.8 Å². The standard InChI is InChI=1S/C12H10F3N3/c1-8-5-6-16-11(17-8)18-10-4-2-3-9(7-10)12(13,14)15/h2-7H,1H3,(H,16,17,18). The van der Waals surface area contributed by atoms with Crippen LogP contribution in [-0.2, 0) is 6.18 Å². The van der Waals surface area contributed by atoms with Gasteiger partial charge in [-0.15, -0.1) is 0 Å². The van der Waals surface area contributed by atoms with E-state index in [0.29, 0.717) is 5.69 Å².